The molecule has 1 aromatic carbocycles. The molecule has 0 aliphatic carbocycles. The Hall–Kier alpha value is -3.26. The maximum absolute atomic E-state index is 13.0. The molecule has 0 atom stereocenters. The molecule has 0 radical (unpaired) electrons. The molecule has 4 N–H and O–H groups in total. The van der Waals surface area contributed by atoms with Crippen LogP contribution in [0.15, 0.2) is 41.3 Å². The Kier molecular flexibility index (Phi) is 6.00. The molecule has 3 aromatic rings. The van der Waals surface area contributed by atoms with E-state index in [-0.39, 0.29) is 16.9 Å². The van der Waals surface area contributed by atoms with Gasteiger partial charge in [-0.2, -0.15) is 0 Å². The van der Waals surface area contributed by atoms with Crippen molar-refractivity contribution >= 4 is 16.9 Å². The second kappa shape index (κ2) is 8.62. The number of halogens is 1. The van der Waals surface area contributed by atoms with Gasteiger partial charge in [0.2, 0.25) is 0 Å². The first-order valence-corrected chi connectivity index (χ1v) is 8.96. The lowest BCUT2D eigenvalue weighted by molar-refractivity contribution is 0.0950. The molecule has 0 spiro atoms. The molecule has 2 aromatic heterocycles. The van der Waals surface area contributed by atoms with Gasteiger partial charge in [0.15, 0.2) is 5.75 Å². The highest BCUT2D eigenvalue weighted by Gasteiger charge is 2.19. The van der Waals surface area contributed by atoms with Crippen molar-refractivity contribution in [1.82, 2.24) is 20.6 Å². The van der Waals surface area contributed by atoms with Crippen molar-refractivity contribution in [2.45, 2.75) is 13.3 Å². The number of pyridine rings is 2. The van der Waals surface area contributed by atoms with Gasteiger partial charge >= 0.3 is 0 Å². The summed E-state index contributed by atoms with van der Waals surface area (Å²) in [6.45, 7) is 3.59. The van der Waals surface area contributed by atoms with Crippen molar-refractivity contribution in [2.24, 2.45) is 0 Å². The van der Waals surface area contributed by atoms with Crippen LogP contribution in [-0.2, 0) is 6.42 Å². The molecule has 0 fully saturated rings. The zero-order chi connectivity index (χ0) is 20.1. The first kappa shape index (κ1) is 19.5. The quantitative estimate of drug-likeness (QED) is 0.464. The number of amides is 1. The van der Waals surface area contributed by atoms with Gasteiger partial charge in [-0.3, -0.25) is 14.6 Å². The zero-order valence-electron chi connectivity index (χ0n) is 15.4. The minimum Gasteiger partial charge on any atom is -0.505 e. The van der Waals surface area contributed by atoms with Gasteiger partial charge in [0.25, 0.3) is 11.5 Å². The van der Waals surface area contributed by atoms with Gasteiger partial charge in [0, 0.05) is 19.3 Å². The van der Waals surface area contributed by atoms with Crippen LogP contribution in [0, 0.1) is 5.82 Å². The van der Waals surface area contributed by atoms with Crippen molar-refractivity contribution < 1.29 is 14.3 Å². The molecular weight excluding hydrogens is 363 g/mol. The molecule has 0 aliphatic rings. The molecule has 28 heavy (non-hydrogen) atoms. The third kappa shape index (κ3) is 4.34. The summed E-state index contributed by atoms with van der Waals surface area (Å²) >= 11 is 0. The summed E-state index contributed by atoms with van der Waals surface area (Å²) in [6, 6.07) is 7.76. The number of aromatic hydroxyl groups is 1. The molecule has 8 heteroatoms. The second-order valence-corrected chi connectivity index (χ2v) is 6.33. The predicted molar refractivity (Wildman–Crippen MR) is 104 cm³/mol. The Balaban J connectivity index is 1.86. The molecule has 1 amide bonds. The number of nitrogens with one attached hydrogen (secondary N) is 3. The Morgan fingerprint density at radius 1 is 1.21 bits per heavy atom. The van der Waals surface area contributed by atoms with E-state index in [1.54, 1.807) is 24.4 Å². The van der Waals surface area contributed by atoms with Crippen LogP contribution >= 0.6 is 0 Å². The number of H-pyrrole nitrogens is 1. The lowest BCUT2D eigenvalue weighted by Crippen LogP contribution is -2.34. The summed E-state index contributed by atoms with van der Waals surface area (Å²) in [4.78, 5) is 31.4. The smallest absolute Gasteiger partial charge is 0.265 e. The van der Waals surface area contributed by atoms with E-state index in [4.69, 9.17) is 0 Å². The van der Waals surface area contributed by atoms with E-state index < -0.39 is 17.2 Å². The summed E-state index contributed by atoms with van der Waals surface area (Å²) < 4.78 is 13.0. The number of fused-ring (bicyclic) bond motifs is 1. The molecule has 0 unspecified atom stereocenters. The van der Waals surface area contributed by atoms with Crippen molar-refractivity contribution in [3.63, 3.8) is 0 Å². The molecule has 146 valence electrons. The highest BCUT2D eigenvalue weighted by Crippen LogP contribution is 2.24. The van der Waals surface area contributed by atoms with Crippen molar-refractivity contribution in [2.75, 3.05) is 19.6 Å². The van der Waals surface area contributed by atoms with Gasteiger partial charge in [-0.05, 0) is 42.3 Å². The molecule has 7 nitrogen and oxygen atoms in total. The third-order valence-corrected chi connectivity index (χ3v) is 4.27. The normalized spacial score (nSPS) is 10.9. The number of benzene rings is 1. The Morgan fingerprint density at radius 2 is 1.96 bits per heavy atom. The van der Waals surface area contributed by atoms with E-state index in [1.165, 1.54) is 12.1 Å². The van der Waals surface area contributed by atoms with Gasteiger partial charge in [-0.1, -0.05) is 19.1 Å². The van der Waals surface area contributed by atoms with Crippen LogP contribution in [0.1, 0.15) is 28.4 Å². The summed E-state index contributed by atoms with van der Waals surface area (Å²) in [7, 11) is 0. The summed E-state index contributed by atoms with van der Waals surface area (Å²) in [6.07, 6.45) is 2.04. The van der Waals surface area contributed by atoms with Gasteiger partial charge in [0.05, 0.1) is 5.52 Å². The molecule has 2 heterocycles. The minimum absolute atomic E-state index is 0.138. The number of nitrogens with zero attached hydrogens (tertiary/aromatic N) is 1. The Bertz CT molecular complexity index is 1050. The van der Waals surface area contributed by atoms with Crippen molar-refractivity contribution in [3.05, 3.63) is 69.4 Å². The van der Waals surface area contributed by atoms with Crippen molar-refractivity contribution in [3.8, 4) is 5.75 Å². The van der Waals surface area contributed by atoms with E-state index in [0.29, 0.717) is 25.0 Å². The van der Waals surface area contributed by atoms with E-state index in [9.17, 15) is 19.1 Å². The van der Waals surface area contributed by atoms with Crippen LogP contribution in [0.3, 0.4) is 0 Å². The number of hydrogen-bond acceptors (Lipinski definition) is 5. The predicted octanol–water partition coefficient (Wildman–Crippen LogP) is 1.70. The zero-order valence-corrected chi connectivity index (χ0v) is 15.4. The lowest BCUT2D eigenvalue weighted by atomic mass is 10.1. The second-order valence-electron chi connectivity index (χ2n) is 6.33. The summed E-state index contributed by atoms with van der Waals surface area (Å²) in [5, 5.41) is 16.0. The SMILES string of the molecule is CCNCCNC(=O)c1c(O)c2ncc(Cc3ccc(F)cc3)cc2[nH]c1=O. The van der Waals surface area contributed by atoms with E-state index in [1.807, 2.05) is 6.92 Å². The largest absolute Gasteiger partial charge is 0.505 e. The maximum Gasteiger partial charge on any atom is 0.265 e. The number of aromatic amines is 1. The highest BCUT2D eigenvalue weighted by atomic mass is 19.1. The number of hydrogen-bond donors (Lipinski definition) is 4. The molecule has 3 rings (SSSR count). The van der Waals surface area contributed by atoms with Crippen LogP contribution in [0.4, 0.5) is 4.39 Å². The number of likely N-dealkylation sites (N-methyl/N-ethyl adjacent to an activating group) is 1. The monoisotopic (exact) mass is 384 g/mol. The van der Waals surface area contributed by atoms with Crippen LogP contribution < -0.4 is 16.2 Å². The van der Waals surface area contributed by atoms with Crippen LogP contribution in [-0.4, -0.2) is 40.6 Å². The fourth-order valence-corrected chi connectivity index (χ4v) is 2.88. The Labute approximate surface area is 160 Å². The lowest BCUT2D eigenvalue weighted by Gasteiger charge is -2.09. The van der Waals surface area contributed by atoms with E-state index in [2.05, 4.69) is 20.6 Å². The number of aromatic nitrogens is 2. The molecule has 0 aliphatic heterocycles. The van der Waals surface area contributed by atoms with E-state index in [0.717, 1.165) is 17.7 Å². The van der Waals surface area contributed by atoms with Gasteiger partial charge in [-0.15, -0.1) is 0 Å². The minimum atomic E-state index is -0.688. The summed E-state index contributed by atoms with van der Waals surface area (Å²) in [5.74, 6) is -1.42. The van der Waals surface area contributed by atoms with E-state index >= 15 is 0 Å². The fraction of sp³-hybridized carbons (Fsp3) is 0.250. The van der Waals surface area contributed by atoms with Crippen LogP contribution in [0.25, 0.3) is 11.0 Å². The van der Waals surface area contributed by atoms with Crippen molar-refractivity contribution in [1.29, 1.82) is 0 Å². The first-order valence-electron chi connectivity index (χ1n) is 8.96. The molecule has 0 saturated heterocycles. The van der Waals surface area contributed by atoms with Crippen LogP contribution in [0.5, 0.6) is 5.75 Å². The van der Waals surface area contributed by atoms with Crippen LogP contribution in [0.2, 0.25) is 0 Å². The third-order valence-electron chi connectivity index (χ3n) is 4.27. The molecule has 0 saturated carbocycles. The number of carbonyl (C=O) groups excluding carboxylic acids is 1. The maximum atomic E-state index is 13.0. The number of rotatable bonds is 7. The number of carbonyl (C=O) groups is 1. The molecular formula is C20H21FN4O3. The Morgan fingerprint density at radius 3 is 2.68 bits per heavy atom. The summed E-state index contributed by atoms with van der Waals surface area (Å²) in [5.41, 5.74) is 1.07. The average Bonchev–Trinajstić information content (AvgIpc) is 2.67. The first-order chi connectivity index (χ1) is 13.5. The van der Waals surface area contributed by atoms with Gasteiger partial charge < -0.3 is 20.7 Å². The fourth-order valence-electron chi connectivity index (χ4n) is 2.88. The topological polar surface area (TPSA) is 107 Å². The van der Waals surface area contributed by atoms with Gasteiger partial charge in [-0.25, -0.2) is 4.39 Å². The highest BCUT2D eigenvalue weighted by molar-refractivity contribution is 6.01. The standard InChI is InChI=1S/C20H21FN4O3/c1-2-22-7-8-23-19(27)16-18(26)17-15(25-20(16)28)10-13(11-24-17)9-12-3-5-14(21)6-4-12/h3-6,10-11,22H,2,7-9H2,1H3,(H,23,27)(H2,25,26,28). The van der Waals surface area contributed by atoms with Gasteiger partial charge in [0.1, 0.15) is 16.9 Å². The molecule has 0 bridgehead atoms. The average molecular weight is 384 g/mol.